The molecule has 1 aromatic carbocycles. The van der Waals surface area contributed by atoms with E-state index in [0.29, 0.717) is 17.9 Å². The molecule has 6 nitrogen and oxygen atoms in total. The minimum absolute atomic E-state index is 0.234. The van der Waals surface area contributed by atoms with Crippen molar-refractivity contribution in [2.75, 3.05) is 17.6 Å². The second-order valence-electron chi connectivity index (χ2n) is 6.77. The molecule has 0 bridgehead atoms. The van der Waals surface area contributed by atoms with Crippen LogP contribution in [0.5, 0.6) is 10.8 Å². The first-order chi connectivity index (χ1) is 13.7. The van der Waals surface area contributed by atoms with E-state index < -0.39 is 0 Å². The fraction of sp³-hybridized carbons (Fsp3) is 0.238. The van der Waals surface area contributed by atoms with Gasteiger partial charge in [0.05, 0.1) is 12.1 Å². The summed E-state index contributed by atoms with van der Waals surface area (Å²) in [4.78, 5) is 17.7. The Hall–Kier alpha value is -3.06. The maximum absolute atomic E-state index is 12.4. The van der Waals surface area contributed by atoms with Crippen molar-refractivity contribution in [3.05, 3.63) is 65.0 Å². The van der Waals surface area contributed by atoms with Gasteiger partial charge in [0.15, 0.2) is 5.06 Å². The van der Waals surface area contributed by atoms with Gasteiger partial charge in [0.25, 0.3) is 5.91 Å². The van der Waals surface area contributed by atoms with Crippen molar-refractivity contribution >= 4 is 28.9 Å². The number of carbonyl (C=O) groups excluding carboxylic acids is 1. The van der Waals surface area contributed by atoms with Crippen LogP contribution in [0.3, 0.4) is 0 Å². The SMILES string of the molecule is Nc1nc(NCC2CC2)ccc1C(=O)NCc1ccc(Oc2ccccc2)s1. The molecule has 1 aliphatic rings. The fourth-order valence-electron chi connectivity index (χ4n) is 2.71. The number of benzene rings is 1. The predicted octanol–water partition coefficient (Wildman–Crippen LogP) is 4.27. The van der Waals surface area contributed by atoms with Gasteiger partial charge < -0.3 is 21.1 Å². The molecule has 0 unspecified atom stereocenters. The number of nitrogens with zero attached hydrogens (tertiary/aromatic N) is 1. The molecule has 0 aliphatic heterocycles. The third-order valence-corrected chi connectivity index (χ3v) is 5.42. The molecule has 0 radical (unpaired) electrons. The van der Waals surface area contributed by atoms with Gasteiger partial charge in [0.2, 0.25) is 0 Å². The Balaban J connectivity index is 1.31. The van der Waals surface area contributed by atoms with Gasteiger partial charge in [-0.05, 0) is 55.2 Å². The molecule has 4 rings (SSSR count). The summed E-state index contributed by atoms with van der Waals surface area (Å²) < 4.78 is 5.80. The Bertz CT molecular complexity index is 954. The Morgan fingerprint density at radius 1 is 1.14 bits per heavy atom. The normalized spacial score (nSPS) is 13.1. The van der Waals surface area contributed by atoms with Crippen molar-refractivity contribution in [2.45, 2.75) is 19.4 Å². The molecule has 4 N–H and O–H groups in total. The first kappa shape index (κ1) is 18.3. The van der Waals surface area contributed by atoms with Gasteiger partial charge in [0, 0.05) is 11.4 Å². The van der Waals surface area contributed by atoms with Crippen molar-refractivity contribution < 1.29 is 9.53 Å². The topological polar surface area (TPSA) is 89.3 Å². The summed E-state index contributed by atoms with van der Waals surface area (Å²) >= 11 is 1.49. The fourth-order valence-corrected chi connectivity index (χ4v) is 3.52. The van der Waals surface area contributed by atoms with E-state index in [2.05, 4.69) is 15.6 Å². The molecular weight excluding hydrogens is 372 g/mol. The van der Waals surface area contributed by atoms with Crippen molar-refractivity contribution in [3.8, 4) is 10.8 Å². The number of nitrogens with one attached hydrogen (secondary N) is 2. The zero-order valence-electron chi connectivity index (χ0n) is 15.4. The van der Waals surface area contributed by atoms with E-state index in [1.54, 1.807) is 12.1 Å². The first-order valence-corrected chi connectivity index (χ1v) is 10.1. The molecule has 2 aromatic heterocycles. The van der Waals surface area contributed by atoms with E-state index in [1.165, 1.54) is 24.2 Å². The molecule has 1 aliphatic carbocycles. The number of nitrogen functional groups attached to an aromatic ring is 1. The zero-order valence-corrected chi connectivity index (χ0v) is 16.2. The molecule has 0 spiro atoms. The van der Waals surface area contributed by atoms with Gasteiger partial charge in [-0.25, -0.2) is 4.98 Å². The van der Waals surface area contributed by atoms with E-state index >= 15 is 0 Å². The molecule has 1 amide bonds. The third kappa shape index (κ3) is 4.80. The van der Waals surface area contributed by atoms with E-state index in [4.69, 9.17) is 10.5 Å². The van der Waals surface area contributed by atoms with Crippen LogP contribution in [0.4, 0.5) is 11.6 Å². The van der Waals surface area contributed by atoms with E-state index in [9.17, 15) is 4.79 Å². The monoisotopic (exact) mass is 394 g/mol. The number of rotatable bonds is 8. The van der Waals surface area contributed by atoms with E-state index in [-0.39, 0.29) is 11.7 Å². The van der Waals surface area contributed by atoms with Crippen LogP contribution in [0.15, 0.2) is 54.6 Å². The van der Waals surface area contributed by atoms with Gasteiger partial charge in [0.1, 0.15) is 17.4 Å². The van der Waals surface area contributed by atoms with E-state index in [1.807, 2.05) is 42.5 Å². The first-order valence-electron chi connectivity index (χ1n) is 9.27. The lowest BCUT2D eigenvalue weighted by molar-refractivity contribution is 0.0952. The van der Waals surface area contributed by atoms with Crippen LogP contribution in [0, 0.1) is 5.92 Å². The lowest BCUT2D eigenvalue weighted by atomic mass is 10.2. The van der Waals surface area contributed by atoms with Crippen LogP contribution in [-0.4, -0.2) is 17.4 Å². The highest BCUT2D eigenvalue weighted by molar-refractivity contribution is 7.13. The Kier molecular flexibility index (Phi) is 5.43. The average Bonchev–Trinajstić information content (AvgIpc) is 3.43. The van der Waals surface area contributed by atoms with Gasteiger partial charge in [-0.3, -0.25) is 4.79 Å². The molecule has 1 fully saturated rings. The summed E-state index contributed by atoms with van der Waals surface area (Å²) in [6.07, 6.45) is 2.54. The number of hydrogen-bond acceptors (Lipinski definition) is 6. The van der Waals surface area contributed by atoms with Crippen LogP contribution in [0.2, 0.25) is 0 Å². The molecule has 0 saturated heterocycles. The maximum Gasteiger partial charge on any atom is 0.255 e. The third-order valence-electron chi connectivity index (χ3n) is 4.46. The Morgan fingerprint density at radius 2 is 1.96 bits per heavy atom. The second-order valence-corrected chi connectivity index (χ2v) is 7.90. The van der Waals surface area contributed by atoms with Crippen molar-refractivity contribution in [1.29, 1.82) is 0 Å². The number of anilines is 2. The highest BCUT2D eigenvalue weighted by atomic mass is 32.1. The predicted molar refractivity (Wildman–Crippen MR) is 112 cm³/mol. The lowest BCUT2D eigenvalue weighted by Gasteiger charge is -2.09. The van der Waals surface area contributed by atoms with Gasteiger partial charge >= 0.3 is 0 Å². The summed E-state index contributed by atoms with van der Waals surface area (Å²) in [7, 11) is 0. The standard InChI is InChI=1S/C21H22N4O2S/c22-20-17(9-10-18(25-20)23-12-14-6-7-14)21(26)24-13-16-8-11-19(28-16)27-15-4-2-1-3-5-15/h1-5,8-11,14H,6-7,12-13H2,(H,24,26)(H3,22,23,25). The molecule has 1 saturated carbocycles. The average molecular weight is 395 g/mol. The number of amides is 1. The largest absolute Gasteiger partial charge is 0.447 e. The van der Waals surface area contributed by atoms with Crippen LogP contribution < -0.4 is 21.1 Å². The number of ether oxygens (including phenoxy) is 1. The molecule has 144 valence electrons. The molecule has 28 heavy (non-hydrogen) atoms. The minimum atomic E-state index is -0.238. The molecule has 0 atom stereocenters. The van der Waals surface area contributed by atoms with Gasteiger partial charge in [-0.1, -0.05) is 18.2 Å². The highest BCUT2D eigenvalue weighted by Crippen LogP contribution is 2.30. The van der Waals surface area contributed by atoms with Crippen LogP contribution in [0.1, 0.15) is 28.1 Å². The van der Waals surface area contributed by atoms with Gasteiger partial charge in [-0.2, -0.15) is 0 Å². The van der Waals surface area contributed by atoms with E-state index in [0.717, 1.165) is 28.2 Å². The summed E-state index contributed by atoms with van der Waals surface area (Å²) in [5.74, 6) is 2.24. The van der Waals surface area contributed by atoms with Gasteiger partial charge in [-0.15, -0.1) is 11.3 Å². The van der Waals surface area contributed by atoms with Crippen molar-refractivity contribution in [2.24, 2.45) is 5.92 Å². The molecular formula is C21H22N4O2S. The minimum Gasteiger partial charge on any atom is -0.447 e. The quantitative estimate of drug-likeness (QED) is 0.531. The number of carbonyl (C=O) groups is 1. The summed E-state index contributed by atoms with van der Waals surface area (Å²) in [6.45, 7) is 1.31. The second kappa shape index (κ2) is 8.31. The summed E-state index contributed by atoms with van der Waals surface area (Å²) in [5.41, 5.74) is 6.36. The van der Waals surface area contributed by atoms with Crippen molar-refractivity contribution in [1.82, 2.24) is 10.3 Å². The molecule has 7 heteroatoms. The lowest BCUT2D eigenvalue weighted by Crippen LogP contribution is -2.24. The smallest absolute Gasteiger partial charge is 0.255 e. The zero-order chi connectivity index (χ0) is 19.3. The Morgan fingerprint density at radius 3 is 2.71 bits per heavy atom. The summed E-state index contributed by atoms with van der Waals surface area (Å²) in [6, 6.07) is 16.9. The highest BCUT2D eigenvalue weighted by Gasteiger charge is 2.21. The number of para-hydroxylation sites is 1. The van der Waals surface area contributed by atoms with Crippen molar-refractivity contribution in [3.63, 3.8) is 0 Å². The molecule has 3 aromatic rings. The maximum atomic E-state index is 12.4. The Labute approximate surface area is 167 Å². The molecule has 2 heterocycles. The number of thiophene rings is 1. The number of hydrogen-bond donors (Lipinski definition) is 3. The van der Waals surface area contributed by atoms with Crippen LogP contribution in [0.25, 0.3) is 0 Å². The summed E-state index contributed by atoms with van der Waals surface area (Å²) in [5, 5.41) is 6.93. The number of pyridine rings is 1. The number of nitrogens with two attached hydrogens (primary N) is 1. The number of aromatic nitrogens is 1. The van der Waals surface area contributed by atoms with Crippen LogP contribution >= 0.6 is 11.3 Å². The van der Waals surface area contributed by atoms with Crippen LogP contribution in [-0.2, 0) is 6.54 Å².